The normalized spacial score (nSPS) is 19.9. The molecule has 2 atom stereocenters. The molecule has 1 aliphatic carbocycles. The molecule has 0 saturated heterocycles. The third-order valence-corrected chi connectivity index (χ3v) is 7.41. The highest BCUT2D eigenvalue weighted by Gasteiger charge is 2.26. The smallest absolute Gasteiger partial charge is 0.338 e. The van der Waals surface area contributed by atoms with E-state index in [1.165, 1.54) is 42.4 Å². The van der Waals surface area contributed by atoms with Crippen LogP contribution >= 0.6 is 0 Å². The van der Waals surface area contributed by atoms with Gasteiger partial charge in [-0.25, -0.2) is 4.79 Å². The van der Waals surface area contributed by atoms with Gasteiger partial charge in [-0.15, -0.1) is 0 Å². The predicted octanol–water partition coefficient (Wildman–Crippen LogP) is 7.15. The highest BCUT2D eigenvalue weighted by molar-refractivity contribution is 6.36. The molecule has 1 fully saturated rings. The van der Waals surface area contributed by atoms with Gasteiger partial charge in [-0.05, 0) is 53.8 Å². The first-order chi connectivity index (χ1) is 16.2. The summed E-state index contributed by atoms with van der Waals surface area (Å²) < 4.78 is 5.91. The predicted molar refractivity (Wildman–Crippen MR) is 138 cm³/mol. The maximum atomic E-state index is 12.9. The van der Waals surface area contributed by atoms with Crippen molar-refractivity contribution in [2.45, 2.75) is 57.1 Å². The maximum Gasteiger partial charge on any atom is 0.338 e. The van der Waals surface area contributed by atoms with Gasteiger partial charge in [0.2, 0.25) is 0 Å². The first-order valence-electron chi connectivity index (χ1n) is 12.5. The van der Waals surface area contributed by atoms with Crippen molar-refractivity contribution in [3.8, 4) is 0 Å². The van der Waals surface area contributed by atoms with Crippen LogP contribution in [-0.4, -0.2) is 19.9 Å². The van der Waals surface area contributed by atoms with Gasteiger partial charge in [-0.1, -0.05) is 105 Å². The van der Waals surface area contributed by atoms with Crippen molar-refractivity contribution >= 4 is 13.2 Å². The van der Waals surface area contributed by atoms with Gasteiger partial charge in [0.15, 0.2) is 0 Å². The fourth-order valence-corrected chi connectivity index (χ4v) is 5.33. The highest BCUT2D eigenvalue weighted by atomic mass is 16.5. The van der Waals surface area contributed by atoms with Gasteiger partial charge in [0, 0.05) is 5.92 Å². The van der Waals surface area contributed by atoms with Crippen LogP contribution in [0.25, 0.3) is 0 Å². The minimum Gasteiger partial charge on any atom is -0.461 e. The average Bonchev–Trinajstić information content (AvgIpc) is 2.88. The van der Waals surface area contributed by atoms with Crippen LogP contribution in [0.1, 0.15) is 77.3 Å². The summed E-state index contributed by atoms with van der Waals surface area (Å²) in [4.78, 5) is 12.9. The van der Waals surface area contributed by atoms with E-state index in [-0.39, 0.29) is 17.7 Å². The number of hydrogen-bond donors (Lipinski definition) is 0. The number of rotatable bonds is 8. The Morgan fingerprint density at radius 2 is 1.42 bits per heavy atom. The number of carbonyl (C=O) groups excluding carboxylic acids is 1. The zero-order valence-electron chi connectivity index (χ0n) is 20.0. The maximum absolute atomic E-state index is 12.9. The van der Waals surface area contributed by atoms with Crippen molar-refractivity contribution in [3.05, 3.63) is 107 Å². The molecule has 0 amide bonds. The summed E-state index contributed by atoms with van der Waals surface area (Å²) >= 11 is 0. The average molecular weight is 438 g/mol. The summed E-state index contributed by atoms with van der Waals surface area (Å²) in [6, 6.07) is 29.2. The molecule has 0 N–H and O–H groups in total. The van der Waals surface area contributed by atoms with Gasteiger partial charge in [-0.2, -0.15) is 0 Å². The molecular formula is C30H35BO2. The van der Waals surface area contributed by atoms with Crippen molar-refractivity contribution < 1.29 is 9.53 Å². The molecule has 170 valence electrons. The van der Waals surface area contributed by atoms with E-state index in [1.807, 2.05) is 24.3 Å². The molecule has 1 aliphatic rings. The van der Waals surface area contributed by atoms with Gasteiger partial charge in [0.25, 0.3) is 0 Å². The van der Waals surface area contributed by atoms with E-state index < -0.39 is 0 Å². The topological polar surface area (TPSA) is 26.3 Å². The fraction of sp³-hybridized carbons (Fsp3) is 0.367. The Morgan fingerprint density at radius 1 is 0.848 bits per heavy atom. The second-order valence-electron chi connectivity index (χ2n) is 9.62. The molecule has 1 saturated carbocycles. The summed E-state index contributed by atoms with van der Waals surface area (Å²) in [7, 11) is 0.982. The van der Waals surface area contributed by atoms with Gasteiger partial charge in [0.05, 0.1) is 12.2 Å². The Hall–Kier alpha value is -2.81. The molecule has 4 rings (SSSR count). The van der Waals surface area contributed by atoms with Crippen LogP contribution < -0.4 is 0 Å². The first-order valence-corrected chi connectivity index (χ1v) is 12.5. The number of hydrogen-bond acceptors (Lipinski definition) is 2. The number of carbonyl (C=O) groups is 1. The van der Waals surface area contributed by atoms with Gasteiger partial charge in [-0.3, -0.25) is 0 Å². The van der Waals surface area contributed by atoms with Crippen LogP contribution in [0, 0.1) is 5.92 Å². The third kappa shape index (κ3) is 5.96. The second kappa shape index (κ2) is 11.4. The standard InChI is InChI=1S/C30H35BO2/c1-22-13-15-23(16-14-22)24-17-19-27(20-18-24)30(32)33-21-28(25-9-5-3-6-10-25)29(31-2)26-11-7-4-8-12-26/h3-12,17-20,22-23,28-29,31H,13-16,21H2,1-2H3/t22?,23?,28?,29-/m0/s1. The largest absolute Gasteiger partial charge is 0.461 e. The quantitative estimate of drug-likeness (QED) is 0.276. The zero-order chi connectivity index (χ0) is 23.0. The van der Waals surface area contributed by atoms with Crippen LogP contribution in [0.3, 0.4) is 0 Å². The summed E-state index contributed by atoms with van der Waals surface area (Å²) in [6.07, 6.45) is 5.11. The minimum atomic E-state index is -0.234. The third-order valence-electron chi connectivity index (χ3n) is 7.41. The van der Waals surface area contributed by atoms with Crippen LogP contribution in [0.15, 0.2) is 84.9 Å². The molecule has 0 spiro atoms. The van der Waals surface area contributed by atoms with Crippen molar-refractivity contribution in [2.75, 3.05) is 6.61 Å². The molecule has 0 radical (unpaired) electrons. The van der Waals surface area contributed by atoms with Crippen molar-refractivity contribution in [1.29, 1.82) is 0 Å². The summed E-state index contributed by atoms with van der Waals surface area (Å²) in [5.41, 5.74) is 4.50. The van der Waals surface area contributed by atoms with Crippen LogP contribution in [0.5, 0.6) is 0 Å². The fourth-order valence-electron chi connectivity index (χ4n) is 5.33. The zero-order valence-corrected chi connectivity index (χ0v) is 20.0. The monoisotopic (exact) mass is 438 g/mol. The molecule has 1 unspecified atom stereocenters. The van der Waals surface area contributed by atoms with Crippen molar-refractivity contribution in [2.24, 2.45) is 5.92 Å². The Kier molecular flexibility index (Phi) is 8.04. The molecule has 3 aromatic rings. The second-order valence-corrected chi connectivity index (χ2v) is 9.62. The summed E-state index contributed by atoms with van der Waals surface area (Å²) in [6.45, 7) is 4.93. The summed E-state index contributed by atoms with van der Waals surface area (Å²) in [5.74, 6) is 1.65. The lowest BCUT2D eigenvalue weighted by Gasteiger charge is -2.27. The lowest BCUT2D eigenvalue weighted by Crippen LogP contribution is -2.22. The number of benzene rings is 3. The minimum absolute atomic E-state index is 0.117. The van der Waals surface area contributed by atoms with E-state index in [0.717, 1.165) is 13.2 Å². The van der Waals surface area contributed by atoms with E-state index in [9.17, 15) is 4.79 Å². The number of ether oxygens (including phenoxy) is 1. The SMILES string of the molecule is CB[C@@H](c1ccccc1)C(COC(=O)c1ccc(C2CCC(C)CC2)cc1)c1ccccc1. The van der Waals surface area contributed by atoms with E-state index in [1.54, 1.807) is 0 Å². The van der Waals surface area contributed by atoms with Crippen LogP contribution in [-0.2, 0) is 4.74 Å². The van der Waals surface area contributed by atoms with Gasteiger partial charge >= 0.3 is 5.97 Å². The van der Waals surface area contributed by atoms with E-state index >= 15 is 0 Å². The highest BCUT2D eigenvalue weighted by Crippen LogP contribution is 2.36. The van der Waals surface area contributed by atoms with E-state index in [0.29, 0.717) is 18.1 Å². The van der Waals surface area contributed by atoms with E-state index in [4.69, 9.17) is 4.74 Å². The molecule has 0 heterocycles. The lowest BCUT2D eigenvalue weighted by atomic mass is 9.57. The Morgan fingerprint density at radius 3 is 2.00 bits per heavy atom. The van der Waals surface area contributed by atoms with Crippen LogP contribution in [0.4, 0.5) is 0 Å². The van der Waals surface area contributed by atoms with Gasteiger partial charge < -0.3 is 4.74 Å². The summed E-state index contributed by atoms with van der Waals surface area (Å²) in [5, 5.41) is 0. The molecular weight excluding hydrogens is 403 g/mol. The molecule has 0 aromatic heterocycles. The Labute approximate surface area is 199 Å². The van der Waals surface area contributed by atoms with Crippen molar-refractivity contribution in [1.82, 2.24) is 0 Å². The van der Waals surface area contributed by atoms with Gasteiger partial charge in [0.1, 0.15) is 7.28 Å². The molecule has 3 heteroatoms. The molecule has 3 aromatic carbocycles. The molecule has 0 bridgehead atoms. The van der Waals surface area contributed by atoms with Crippen LogP contribution in [0.2, 0.25) is 6.82 Å². The number of esters is 1. The Balaban J connectivity index is 1.45. The lowest BCUT2D eigenvalue weighted by molar-refractivity contribution is 0.0476. The van der Waals surface area contributed by atoms with Crippen molar-refractivity contribution in [3.63, 3.8) is 0 Å². The molecule has 33 heavy (non-hydrogen) atoms. The first kappa shape index (κ1) is 23.4. The van der Waals surface area contributed by atoms with E-state index in [2.05, 4.69) is 74.4 Å². The Bertz CT molecular complexity index is 992. The molecule has 0 aliphatic heterocycles. The molecule has 2 nitrogen and oxygen atoms in total.